The van der Waals surface area contributed by atoms with Gasteiger partial charge in [-0.15, -0.1) is 11.8 Å². The molecule has 0 aromatic heterocycles. The molecule has 1 aromatic carbocycles. The summed E-state index contributed by atoms with van der Waals surface area (Å²) in [5.74, 6) is 0.118. The maximum Gasteiger partial charge on any atom is 0.336 e. The van der Waals surface area contributed by atoms with Crippen LogP contribution >= 0.6 is 11.8 Å². The Hall–Kier alpha value is -0.960. The van der Waals surface area contributed by atoms with Gasteiger partial charge in [0.15, 0.2) is 0 Å². The molecule has 0 unspecified atom stereocenters. The highest BCUT2D eigenvalue weighted by Gasteiger charge is 2.09. The van der Waals surface area contributed by atoms with Gasteiger partial charge in [-0.1, -0.05) is 13.0 Å². The molecule has 1 N–H and O–H groups in total. The Morgan fingerprint density at radius 1 is 1.50 bits per heavy atom. The summed E-state index contributed by atoms with van der Waals surface area (Å²) < 4.78 is 0. The maximum atomic E-state index is 10.9. The third kappa shape index (κ3) is 2.77. The van der Waals surface area contributed by atoms with Crippen molar-refractivity contribution in [1.82, 2.24) is 0 Å². The van der Waals surface area contributed by atoms with Crippen LogP contribution in [-0.2, 0) is 0 Å². The molecule has 0 bridgehead atoms. The van der Waals surface area contributed by atoms with E-state index in [2.05, 4.69) is 6.92 Å². The molecule has 3 heteroatoms. The van der Waals surface area contributed by atoms with Crippen LogP contribution in [0.1, 0.15) is 29.3 Å². The van der Waals surface area contributed by atoms with Crippen molar-refractivity contribution in [3.63, 3.8) is 0 Å². The number of carboxylic acid groups (broad SMARTS) is 1. The molecule has 0 saturated heterocycles. The topological polar surface area (TPSA) is 37.3 Å². The van der Waals surface area contributed by atoms with Gasteiger partial charge < -0.3 is 5.11 Å². The van der Waals surface area contributed by atoms with Crippen LogP contribution in [0.5, 0.6) is 0 Å². The fraction of sp³-hybridized carbons (Fsp3) is 0.364. The molecule has 14 heavy (non-hydrogen) atoms. The number of carboxylic acids is 1. The Kier molecular flexibility index (Phi) is 4.01. The average Bonchev–Trinajstić information content (AvgIpc) is 2.14. The summed E-state index contributed by atoms with van der Waals surface area (Å²) in [4.78, 5) is 11.8. The molecule has 0 radical (unpaired) electrons. The van der Waals surface area contributed by atoms with Gasteiger partial charge in [0.1, 0.15) is 0 Å². The highest BCUT2D eigenvalue weighted by Crippen LogP contribution is 2.24. The Morgan fingerprint density at radius 2 is 2.21 bits per heavy atom. The van der Waals surface area contributed by atoms with Crippen LogP contribution in [-0.4, -0.2) is 16.8 Å². The molecule has 1 rings (SSSR count). The third-order valence-electron chi connectivity index (χ3n) is 1.83. The summed E-state index contributed by atoms with van der Waals surface area (Å²) >= 11 is 1.61. The van der Waals surface area contributed by atoms with Gasteiger partial charge in [0.05, 0.1) is 5.56 Å². The van der Waals surface area contributed by atoms with E-state index >= 15 is 0 Å². The number of aryl methyl sites for hydroxylation is 1. The number of benzene rings is 1. The van der Waals surface area contributed by atoms with Gasteiger partial charge in [-0.25, -0.2) is 4.79 Å². The van der Waals surface area contributed by atoms with Crippen LogP contribution in [0.3, 0.4) is 0 Å². The number of carbonyl (C=O) groups is 1. The van der Waals surface area contributed by atoms with Gasteiger partial charge in [-0.3, -0.25) is 0 Å². The molecule has 0 amide bonds. The highest BCUT2D eigenvalue weighted by atomic mass is 32.2. The van der Waals surface area contributed by atoms with Gasteiger partial charge in [-0.05, 0) is 36.8 Å². The van der Waals surface area contributed by atoms with Crippen molar-refractivity contribution in [2.45, 2.75) is 25.2 Å². The van der Waals surface area contributed by atoms with E-state index in [1.807, 2.05) is 19.1 Å². The first-order valence-corrected chi connectivity index (χ1v) is 5.60. The standard InChI is InChI=1S/C11H14O2S/c1-3-6-14-10-7-8(2)4-5-9(10)11(12)13/h4-5,7H,3,6H2,1-2H3,(H,12,13). The van der Waals surface area contributed by atoms with Gasteiger partial charge >= 0.3 is 5.97 Å². The first-order valence-electron chi connectivity index (χ1n) is 4.62. The first-order chi connectivity index (χ1) is 6.65. The predicted molar refractivity (Wildman–Crippen MR) is 59.2 cm³/mol. The van der Waals surface area contributed by atoms with Crippen molar-refractivity contribution in [2.24, 2.45) is 0 Å². The largest absolute Gasteiger partial charge is 0.478 e. The lowest BCUT2D eigenvalue weighted by molar-refractivity contribution is 0.0693. The third-order valence-corrected chi connectivity index (χ3v) is 3.09. The van der Waals surface area contributed by atoms with Crippen LogP contribution in [0.15, 0.2) is 23.1 Å². The van der Waals surface area contributed by atoms with Crippen molar-refractivity contribution < 1.29 is 9.90 Å². The first kappa shape index (κ1) is 11.1. The second kappa shape index (κ2) is 5.05. The van der Waals surface area contributed by atoms with E-state index in [1.54, 1.807) is 17.8 Å². The monoisotopic (exact) mass is 210 g/mol. The lowest BCUT2D eigenvalue weighted by Crippen LogP contribution is -1.99. The van der Waals surface area contributed by atoms with Crippen molar-refractivity contribution in [2.75, 3.05) is 5.75 Å². The molecule has 1 aromatic rings. The minimum atomic E-state index is -0.844. The molecule has 0 saturated carbocycles. The molecular weight excluding hydrogens is 196 g/mol. The maximum absolute atomic E-state index is 10.9. The van der Waals surface area contributed by atoms with Gasteiger partial charge in [0, 0.05) is 4.90 Å². The quantitative estimate of drug-likeness (QED) is 0.775. The van der Waals surface area contributed by atoms with Crippen LogP contribution in [0, 0.1) is 6.92 Å². The number of hydrogen-bond donors (Lipinski definition) is 1. The molecule has 0 aliphatic rings. The number of aromatic carboxylic acids is 1. The average molecular weight is 210 g/mol. The molecular formula is C11H14O2S. The summed E-state index contributed by atoms with van der Waals surface area (Å²) in [5, 5.41) is 8.94. The van der Waals surface area contributed by atoms with E-state index < -0.39 is 5.97 Å². The SMILES string of the molecule is CCCSc1cc(C)ccc1C(=O)O. The molecule has 0 heterocycles. The molecule has 0 spiro atoms. The lowest BCUT2D eigenvalue weighted by atomic mass is 10.1. The fourth-order valence-corrected chi connectivity index (χ4v) is 2.14. The van der Waals surface area contributed by atoms with Gasteiger partial charge in [-0.2, -0.15) is 0 Å². The Labute approximate surface area is 88.3 Å². The molecule has 2 nitrogen and oxygen atoms in total. The summed E-state index contributed by atoms with van der Waals surface area (Å²) in [6, 6.07) is 5.44. The lowest BCUT2D eigenvalue weighted by Gasteiger charge is -2.05. The van der Waals surface area contributed by atoms with E-state index in [-0.39, 0.29) is 0 Å². The summed E-state index contributed by atoms with van der Waals surface area (Å²) in [7, 11) is 0. The normalized spacial score (nSPS) is 10.1. The van der Waals surface area contributed by atoms with E-state index in [1.165, 1.54) is 0 Å². The van der Waals surface area contributed by atoms with E-state index in [4.69, 9.17) is 5.11 Å². The molecule has 0 atom stereocenters. The zero-order chi connectivity index (χ0) is 10.6. The molecule has 0 aliphatic carbocycles. The van der Waals surface area contributed by atoms with Gasteiger partial charge in [0.25, 0.3) is 0 Å². The second-order valence-electron chi connectivity index (χ2n) is 3.15. The van der Waals surface area contributed by atoms with E-state index in [0.29, 0.717) is 5.56 Å². The number of hydrogen-bond acceptors (Lipinski definition) is 2. The Balaban J connectivity index is 2.97. The zero-order valence-corrected chi connectivity index (χ0v) is 9.23. The smallest absolute Gasteiger partial charge is 0.336 e. The van der Waals surface area contributed by atoms with E-state index in [0.717, 1.165) is 22.6 Å². The summed E-state index contributed by atoms with van der Waals surface area (Å²) in [6.07, 6.45) is 1.05. The Bertz CT molecular complexity index is 334. The summed E-state index contributed by atoms with van der Waals surface area (Å²) in [5.41, 5.74) is 1.52. The Morgan fingerprint density at radius 3 is 2.79 bits per heavy atom. The second-order valence-corrected chi connectivity index (χ2v) is 4.29. The molecule has 0 fully saturated rings. The minimum Gasteiger partial charge on any atom is -0.478 e. The van der Waals surface area contributed by atoms with Crippen molar-refractivity contribution in [3.05, 3.63) is 29.3 Å². The molecule has 0 aliphatic heterocycles. The van der Waals surface area contributed by atoms with E-state index in [9.17, 15) is 4.79 Å². The number of rotatable bonds is 4. The van der Waals surface area contributed by atoms with Crippen molar-refractivity contribution in [1.29, 1.82) is 0 Å². The highest BCUT2D eigenvalue weighted by molar-refractivity contribution is 7.99. The number of thioether (sulfide) groups is 1. The molecule has 76 valence electrons. The van der Waals surface area contributed by atoms with Crippen molar-refractivity contribution in [3.8, 4) is 0 Å². The predicted octanol–water partition coefficient (Wildman–Crippen LogP) is 3.20. The summed E-state index contributed by atoms with van der Waals surface area (Å²) in [6.45, 7) is 4.06. The van der Waals surface area contributed by atoms with Crippen LogP contribution in [0.25, 0.3) is 0 Å². The van der Waals surface area contributed by atoms with Crippen LogP contribution < -0.4 is 0 Å². The van der Waals surface area contributed by atoms with Crippen molar-refractivity contribution >= 4 is 17.7 Å². The van der Waals surface area contributed by atoms with Gasteiger partial charge in [0.2, 0.25) is 0 Å². The van der Waals surface area contributed by atoms with Crippen LogP contribution in [0.2, 0.25) is 0 Å². The minimum absolute atomic E-state index is 0.411. The zero-order valence-electron chi connectivity index (χ0n) is 8.41. The fourth-order valence-electron chi connectivity index (χ4n) is 1.14. The van der Waals surface area contributed by atoms with Crippen LogP contribution in [0.4, 0.5) is 0 Å².